The second-order valence-corrected chi connectivity index (χ2v) is 8.39. The predicted octanol–water partition coefficient (Wildman–Crippen LogP) is 3.81. The summed E-state index contributed by atoms with van der Waals surface area (Å²) in [6.45, 7) is 5.70. The normalized spacial score (nSPS) is 13.5. The molecule has 2 aromatic carbocycles. The molecule has 0 unspecified atom stereocenters. The number of aliphatic hydroxyl groups excluding tert-OH is 1. The number of hydrogen-bond donors (Lipinski definition) is 3. The largest absolute Gasteiger partial charge is 0.497 e. The summed E-state index contributed by atoms with van der Waals surface area (Å²) in [7, 11) is 1.58. The molecule has 6 nitrogen and oxygen atoms in total. The van der Waals surface area contributed by atoms with Crippen LogP contribution in [0.5, 0.6) is 5.75 Å². The van der Waals surface area contributed by atoms with Crippen LogP contribution in [-0.2, 0) is 13.0 Å². The zero-order chi connectivity index (χ0) is 23.2. The SMILES string of the molecule is COc1cccc(CNC[C@@H](O)[C@H](Cc2ccc(F)c(F)c2)N(C(=O)O)C(C)(C)C)c1. The minimum atomic E-state index is -1.20. The van der Waals surface area contributed by atoms with Crippen LogP contribution in [0.4, 0.5) is 13.6 Å². The summed E-state index contributed by atoms with van der Waals surface area (Å²) < 4.78 is 32.2. The third-order valence-electron chi connectivity index (χ3n) is 4.95. The van der Waals surface area contributed by atoms with Crippen molar-refractivity contribution in [1.82, 2.24) is 10.2 Å². The molecule has 2 atom stereocenters. The number of methoxy groups -OCH3 is 1. The van der Waals surface area contributed by atoms with E-state index in [1.807, 2.05) is 24.3 Å². The first-order valence-corrected chi connectivity index (χ1v) is 10.0. The molecule has 0 aliphatic heterocycles. The van der Waals surface area contributed by atoms with Gasteiger partial charge in [-0.05, 0) is 62.6 Å². The molecule has 0 aliphatic rings. The zero-order valence-electron chi connectivity index (χ0n) is 18.2. The molecule has 2 aromatic rings. The van der Waals surface area contributed by atoms with Crippen LogP contribution in [0.3, 0.4) is 0 Å². The maximum Gasteiger partial charge on any atom is 0.408 e. The molecule has 2 rings (SSSR count). The third-order valence-corrected chi connectivity index (χ3v) is 4.95. The Morgan fingerprint density at radius 1 is 1.13 bits per heavy atom. The molecule has 0 radical (unpaired) electrons. The lowest BCUT2D eigenvalue weighted by molar-refractivity contribution is 0.00767. The minimum Gasteiger partial charge on any atom is -0.497 e. The molecule has 0 bridgehead atoms. The van der Waals surface area contributed by atoms with Crippen LogP contribution >= 0.6 is 0 Å². The Labute approximate surface area is 181 Å². The van der Waals surface area contributed by atoms with Gasteiger partial charge in [0.1, 0.15) is 5.75 Å². The van der Waals surface area contributed by atoms with Crippen molar-refractivity contribution in [3.8, 4) is 5.75 Å². The fourth-order valence-corrected chi connectivity index (χ4v) is 3.52. The van der Waals surface area contributed by atoms with Crippen LogP contribution in [0.25, 0.3) is 0 Å². The van der Waals surface area contributed by atoms with Gasteiger partial charge in [0.15, 0.2) is 11.6 Å². The molecule has 170 valence electrons. The molecule has 0 saturated carbocycles. The van der Waals surface area contributed by atoms with E-state index in [1.165, 1.54) is 6.07 Å². The number of nitrogens with zero attached hydrogens (tertiary/aromatic N) is 1. The van der Waals surface area contributed by atoms with Crippen molar-refractivity contribution >= 4 is 6.09 Å². The fourth-order valence-electron chi connectivity index (χ4n) is 3.52. The highest BCUT2D eigenvalue weighted by Crippen LogP contribution is 2.23. The van der Waals surface area contributed by atoms with Gasteiger partial charge in [0, 0.05) is 18.6 Å². The first-order chi connectivity index (χ1) is 14.5. The number of carbonyl (C=O) groups is 1. The molecule has 31 heavy (non-hydrogen) atoms. The van der Waals surface area contributed by atoms with Crippen molar-refractivity contribution in [2.45, 2.75) is 51.4 Å². The van der Waals surface area contributed by atoms with Gasteiger partial charge in [-0.2, -0.15) is 0 Å². The van der Waals surface area contributed by atoms with E-state index in [1.54, 1.807) is 27.9 Å². The van der Waals surface area contributed by atoms with E-state index in [0.717, 1.165) is 22.6 Å². The van der Waals surface area contributed by atoms with E-state index < -0.39 is 35.4 Å². The standard InChI is InChI=1S/C23H30F2N2O4/c1-23(2,3)27(22(29)30)20(12-15-8-9-18(24)19(25)11-15)21(28)14-26-13-16-6-5-7-17(10-16)31-4/h5-11,20-21,26,28H,12-14H2,1-4H3,(H,29,30)/t20-,21+/m0/s1. The number of rotatable bonds is 9. The Kier molecular flexibility index (Phi) is 8.36. The molecule has 0 aliphatic carbocycles. The number of amides is 1. The maximum atomic E-state index is 13.7. The number of halogens is 2. The quantitative estimate of drug-likeness (QED) is 0.557. The molecule has 0 fully saturated rings. The molecular formula is C23H30F2N2O4. The Bertz CT molecular complexity index is 886. The Hall–Kier alpha value is -2.71. The summed E-state index contributed by atoms with van der Waals surface area (Å²) in [6, 6.07) is 9.98. The van der Waals surface area contributed by atoms with Gasteiger partial charge in [-0.15, -0.1) is 0 Å². The van der Waals surface area contributed by atoms with Gasteiger partial charge in [-0.25, -0.2) is 13.6 Å². The van der Waals surface area contributed by atoms with Crippen LogP contribution in [0.1, 0.15) is 31.9 Å². The highest BCUT2D eigenvalue weighted by Gasteiger charge is 2.37. The third kappa shape index (κ3) is 6.90. The molecule has 8 heteroatoms. The van der Waals surface area contributed by atoms with E-state index in [2.05, 4.69) is 5.32 Å². The summed E-state index contributed by atoms with van der Waals surface area (Å²) in [6.07, 6.45) is -2.26. The van der Waals surface area contributed by atoms with Gasteiger partial charge in [-0.3, -0.25) is 4.90 Å². The first-order valence-electron chi connectivity index (χ1n) is 10.0. The molecular weight excluding hydrogens is 406 g/mol. The van der Waals surface area contributed by atoms with E-state index in [-0.39, 0.29) is 13.0 Å². The number of nitrogens with one attached hydrogen (secondary N) is 1. The second-order valence-electron chi connectivity index (χ2n) is 8.39. The summed E-state index contributed by atoms with van der Waals surface area (Å²) >= 11 is 0. The van der Waals surface area contributed by atoms with E-state index >= 15 is 0 Å². The Morgan fingerprint density at radius 2 is 1.84 bits per heavy atom. The average Bonchev–Trinajstić information content (AvgIpc) is 2.69. The number of aliphatic hydroxyl groups is 1. The van der Waals surface area contributed by atoms with Gasteiger partial charge < -0.3 is 20.3 Å². The van der Waals surface area contributed by atoms with Crippen molar-refractivity contribution in [3.63, 3.8) is 0 Å². The van der Waals surface area contributed by atoms with Gasteiger partial charge in [0.25, 0.3) is 0 Å². The Morgan fingerprint density at radius 3 is 2.42 bits per heavy atom. The minimum absolute atomic E-state index is 0.0305. The molecule has 3 N–H and O–H groups in total. The summed E-state index contributed by atoms with van der Waals surface area (Å²) in [5, 5.41) is 23.8. The summed E-state index contributed by atoms with van der Waals surface area (Å²) in [4.78, 5) is 13.2. The summed E-state index contributed by atoms with van der Waals surface area (Å²) in [5.74, 6) is -1.29. The number of ether oxygens (including phenoxy) is 1. The fraction of sp³-hybridized carbons (Fsp3) is 0.435. The van der Waals surface area contributed by atoms with Crippen LogP contribution in [0.2, 0.25) is 0 Å². The van der Waals surface area contributed by atoms with Crippen molar-refractivity contribution in [1.29, 1.82) is 0 Å². The van der Waals surface area contributed by atoms with Crippen LogP contribution in [0.15, 0.2) is 42.5 Å². The van der Waals surface area contributed by atoms with Crippen molar-refractivity contribution in [2.75, 3.05) is 13.7 Å². The average molecular weight is 436 g/mol. The van der Waals surface area contributed by atoms with Gasteiger partial charge >= 0.3 is 6.09 Å². The highest BCUT2D eigenvalue weighted by molar-refractivity contribution is 5.66. The van der Waals surface area contributed by atoms with Crippen LogP contribution < -0.4 is 10.1 Å². The first kappa shape index (κ1) is 24.6. The number of benzene rings is 2. The summed E-state index contributed by atoms with van der Waals surface area (Å²) in [5.41, 5.74) is 0.518. The zero-order valence-corrected chi connectivity index (χ0v) is 18.2. The maximum absolute atomic E-state index is 13.7. The second kappa shape index (κ2) is 10.5. The Balaban J connectivity index is 2.19. The van der Waals surface area contributed by atoms with E-state index in [0.29, 0.717) is 17.9 Å². The number of hydrogen-bond acceptors (Lipinski definition) is 4. The molecule has 0 saturated heterocycles. The smallest absolute Gasteiger partial charge is 0.408 e. The van der Waals surface area contributed by atoms with Gasteiger partial charge in [0.2, 0.25) is 0 Å². The molecule has 0 heterocycles. The van der Waals surface area contributed by atoms with Crippen molar-refractivity contribution < 1.29 is 28.5 Å². The molecule has 0 aromatic heterocycles. The lowest BCUT2D eigenvalue weighted by Crippen LogP contribution is -2.58. The van der Waals surface area contributed by atoms with Crippen LogP contribution in [0, 0.1) is 11.6 Å². The van der Waals surface area contributed by atoms with Crippen molar-refractivity contribution in [3.05, 3.63) is 65.2 Å². The van der Waals surface area contributed by atoms with Crippen molar-refractivity contribution in [2.24, 2.45) is 0 Å². The topological polar surface area (TPSA) is 82.0 Å². The lowest BCUT2D eigenvalue weighted by atomic mass is 9.94. The monoisotopic (exact) mass is 436 g/mol. The van der Waals surface area contributed by atoms with Gasteiger partial charge in [0.05, 0.1) is 19.3 Å². The van der Waals surface area contributed by atoms with E-state index in [9.17, 15) is 23.8 Å². The van der Waals surface area contributed by atoms with Gasteiger partial charge in [-0.1, -0.05) is 18.2 Å². The molecule has 0 spiro atoms. The van der Waals surface area contributed by atoms with E-state index in [4.69, 9.17) is 4.74 Å². The molecule has 1 amide bonds. The predicted molar refractivity (Wildman–Crippen MR) is 114 cm³/mol. The van der Waals surface area contributed by atoms with Crippen LogP contribution in [-0.4, -0.2) is 52.5 Å². The lowest BCUT2D eigenvalue weighted by Gasteiger charge is -2.42. The highest BCUT2D eigenvalue weighted by atomic mass is 19.2. The number of carboxylic acid groups (broad SMARTS) is 1.